The summed E-state index contributed by atoms with van der Waals surface area (Å²) in [5.74, 6) is 0.210. The van der Waals surface area contributed by atoms with Gasteiger partial charge in [0.25, 0.3) is 5.69 Å². The number of amides is 1. The number of non-ortho nitro benzene ring substituents is 1. The molecule has 0 unspecified atom stereocenters. The molecule has 0 saturated carbocycles. The number of nitro benzene ring substituents is 1. The van der Waals surface area contributed by atoms with Crippen LogP contribution in [0.3, 0.4) is 0 Å². The van der Waals surface area contributed by atoms with Crippen LogP contribution >= 0.6 is 11.6 Å². The fourth-order valence-electron chi connectivity index (χ4n) is 2.59. The van der Waals surface area contributed by atoms with Crippen molar-refractivity contribution < 1.29 is 14.8 Å². The van der Waals surface area contributed by atoms with Gasteiger partial charge in [0.05, 0.1) is 16.8 Å². The third-order valence-corrected chi connectivity index (χ3v) is 3.98. The second-order valence-corrected chi connectivity index (χ2v) is 6.21. The molecule has 0 aliphatic rings. The second kappa shape index (κ2) is 6.60. The van der Waals surface area contributed by atoms with Crippen molar-refractivity contribution in [3.63, 3.8) is 0 Å². The van der Waals surface area contributed by atoms with Crippen molar-refractivity contribution >= 4 is 40.5 Å². The van der Waals surface area contributed by atoms with E-state index in [0.29, 0.717) is 5.65 Å². The Morgan fingerprint density at radius 2 is 2.12 bits per heavy atom. The Hall–Kier alpha value is -3.20. The van der Waals surface area contributed by atoms with Crippen molar-refractivity contribution in [3.05, 3.63) is 57.4 Å². The average molecular weight is 376 g/mol. The normalized spacial score (nSPS) is 11.1. The minimum Gasteiger partial charge on any atom is -0.464 e. The summed E-state index contributed by atoms with van der Waals surface area (Å²) in [6.45, 7) is 3.91. The Kier molecular flexibility index (Phi) is 4.47. The number of carboxylic acid groups (broad SMARTS) is 1. The predicted molar refractivity (Wildman–Crippen MR) is 95.3 cm³/mol. The van der Waals surface area contributed by atoms with E-state index in [4.69, 9.17) is 11.6 Å². The van der Waals surface area contributed by atoms with Crippen LogP contribution in [0, 0.1) is 10.1 Å². The summed E-state index contributed by atoms with van der Waals surface area (Å²) in [5, 5.41) is 25.1. The summed E-state index contributed by atoms with van der Waals surface area (Å²) in [6, 6.07) is 6.66. The van der Waals surface area contributed by atoms with Crippen molar-refractivity contribution in [3.8, 4) is 0 Å². The summed E-state index contributed by atoms with van der Waals surface area (Å²) >= 11 is 6.10. The van der Waals surface area contributed by atoms with E-state index in [-0.39, 0.29) is 28.3 Å². The maximum absolute atomic E-state index is 11.9. The van der Waals surface area contributed by atoms with Gasteiger partial charge in [-0.2, -0.15) is 9.61 Å². The average Bonchev–Trinajstić information content (AvgIpc) is 2.98. The Morgan fingerprint density at radius 1 is 1.38 bits per heavy atom. The van der Waals surface area contributed by atoms with Gasteiger partial charge in [-0.15, -0.1) is 0 Å². The van der Waals surface area contributed by atoms with E-state index in [0.717, 1.165) is 10.5 Å². The number of carbonyl (C=O) groups is 1. The first kappa shape index (κ1) is 17.6. The maximum atomic E-state index is 11.9. The van der Waals surface area contributed by atoms with E-state index in [1.807, 2.05) is 13.8 Å². The largest absolute Gasteiger partial charge is 0.464 e. The molecule has 3 rings (SSSR count). The SMILES string of the molecule is CC(C)c1cnn2c(N(C(=O)O)c3cccc([N+](=O)[O-])c3)cc(Cl)nc12. The lowest BCUT2D eigenvalue weighted by atomic mass is 10.1. The van der Waals surface area contributed by atoms with Gasteiger partial charge < -0.3 is 5.11 Å². The number of hydrogen-bond donors (Lipinski definition) is 1. The smallest absolute Gasteiger partial charge is 0.417 e. The van der Waals surface area contributed by atoms with E-state index in [1.165, 1.54) is 34.8 Å². The molecular weight excluding hydrogens is 362 g/mol. The number of rotatable bonds is 4. The monoisotopic (exact) mass is 375 g/mol. The highest BCUT2D eigenvalue weighted by Crippen LogP contribution is 2.32. The second-order valence-electron chi connectivity index (χ2n) is 5.82. The first-order chi connectivity index (χ1) is 12.3. The van der Waals surface area contributed by atoms with Gasteiger partial charge >= 0.3 is 6.09 Å². The van der Waals surface area contributed by atoms with E-state index >= 15 is 0 Å². The highest BCUT2D eigenvalue weighted by Gasteiger charge is 2.24. The van der Waals surface area contributed by atoms with Crippen LogP contribution < -0.4 is 4.90 Å². The van der Waals surface area contributed by atoms with Gasteiger partial charge in [-0.05, 0) is 12.0 Å². The van der Waals surface area contributed by atoms with E-state index in [2.05, 4.69) is 10.1 Å². The number of halogens is 1. The molecule has 0 fully saturated rings. The first-order valence-electron chi connectivity index (χ1n) is 7.61. The summed E-state index contributed by atoms with van der Waals surface area (Å²) in [4.78, 5) is 27.5. The zero-order valence-electron chi connectivity index (χ0n) is 13.8. The molecule has 0 aliphatic carbocycles. The summed E-state index contributed by atoms with van der Waals surface area (Å²) in [7, 11) is 0. The van der Waals surface area contributed by atoms with Gasteiger partial charge in [-0.25, -0.2) is 14.7 Å². The highest BCUT2D eigenvalue weighted by atomic mass is 35.5. The van der Waals surface area contributed by atoms with Crippen molar-refractivity contribution in [2.45, 2.75) is 19.8 Å². The molecule has 2 aromatic heterocycles. The Balaban J connectivity index is 2.26. The topological polar surface area (TPSA) is 114 Å². The molecule has 1 N–H and O–H groups in total. The summed E-state index contributed by atoms with van der Waals surface area (Å²) < 4.78 is 1.36. The fraction of sp³-hybridized carbons (Fsp3) is 0.188. The van der Waals surface area contributed by atoms with Crippen LogP contribution in [0.15, 0.2) is 36.5 Å². The molecule has 0 saturated heterocycles. The molecule has 1 amide bonds. The molecule has 134 valence electrons. The number of benzene rings is 1. The molecule has 9 nitrogen and oxygen atoms in total. The van der Waals surface area contributed by atoms with Gasteiger partial charge in [0.1, 0.15) is 11.0 Å². The van der Waals surface area contributed by atoms with Crippen LogP contribution in [0.5, 0.6) is 0 Å². The number of nitro groups is 1. The maximum Gasteiger partial charge on any atom is 0.417 e. The number of fused-ring (bicyclic) bond motifs is 1. The number of hydrogen-bond acceptors (Lipinski definition) is 5. The number of nitrogens with zero attached hydrogens (tertiary/aromatic N) is 5. The molecule has 0 spiro atoms. The predicted octanol–water partition coefficient (Wildman–Crippen LogP) is 4.23. The lowest BCUT2D eigenvalue weighted by Crippen LogP contribution is -2.26. The molecular formula is C16H14ClN5O4. The third kappa shape index (κ3) is 3.04. The molecule has 2 heterocycles. The molecule has 0 radical (unpaired) electrons. The van der Waals surface area contributed by atoms with Gasteiger partial charge in [0.2, 0.25) is 0 Å². The van der Waals surface area contributed by atoms with Gasteiger partial charge in [0.15, 0.2) is 5.65 Å². The van der Waals surface area contributed by atoms with Crippen LogP contribution in [0.25, 0.3) is 5.65 Å². The van der Waals surface area contributed by atoms with E-state index in [9.17, 15) is 20.0 Å². The molecule has 0 atom stereocenters. The van der Waals surface area contributed by atoms with E-state index < -0.39 is 11.0 Å². The third-order valence-electron chi connectivity index (χ3n) is 3.79. The molecule has 3 aromatic rings. The summed E-state index contributed by atoms with van der Waals surface area (Å²) in [6.07, 6.45) is 0.260. The van der Waals surface area contributed by atoms with Gasteiger partial charge in [-0.3, -0.25) is 10.1 Å². The van der Waals surface area contributed by atoms with Gasteiger partial charge in [0, 0.05) is 23.8 Å². The standard InChI is InChI=1S/C16H14ClN5O4/c1-9(2)12-8-18-21-14(7-13(17)19-15(12)21)20(16(23)24)10-4-3-5-11(6-10)22(25)26/h3-9H,1-2H3,(H,23,24). The number of anilines is 2. The van der Waals surface area contributed by atoms with Gasteiger partial charge in [-0.1, -0.05) is 31.5 Å². The van der Waals surface area contributed by atoms with E-state index in [1.54, 1.807) is 6.20 Å². The fourth-order valence-corrected chi connectivity index (χ4v) is 2.77. The zero-order valence-corrected chi connectivity index (χ0v) is 14.6. The van der Waals surface area contributed by atoms with Crippen molar-refractivity contribution in [2.24, 2.45) is 0 Å². The molecule has 26 heavy (non-hydrogen) atoms. The minimum atomic E-state index is -1.34. The Labute approximate surface area is 152 Å². The molecule has 1 aromatic carbocycles. The van der Waals surface area contributed by atoms with Crippen molar-refractivity contribution in [1.29, 1.82) is 0 Å². The lowest BCUT2D eigenvalue weighted by molar-refractivity contribution is -0.384. The van der Waals surface area contributed by atoms with Crippen molar-refractivity contribution in [1.82, 2.24) is 14.6 Å². The van der Waals surface area contributed by atoms with Crippen LogP contribution in [0.1, 0.15) is 25.3 Å². The highest BCUT2D eigenvalue weighted by molar-refractivity contribution is 6.29. The van der Waals surface area contributed by atoms with Crippen LogP contribution in [0.4, 0.5) is 22.0 Å². The zero-order chi connectivity index (χ0) is 19.0. The van der Waals surface area contributed by atoms with Crippen molar-refractivity contribution in [2.75, 3.05) is 4.90 Å². The summed E-state index contributed by atoms with van der Waals surface area (Å²) in [5.41, 5.74) is 1.10. The molecule has 0 bridgehead atoms. The number of aromatic nitrogens is 3. The minimum absolute atomic E-state index is 0.0894. The Morgan fingerprint density at radius 3 is 2.73 bits per heavy atom. The van der Waals surface area contributed by atoms with Crippen LogP contribution in [-0.2, 0) is 0 Å². The van der Waals surface area contributed by atoms with Crippen LogP contribution in [0.2, 0.25) is 5.15 Å². The quantitative estimate of drug-likeness (QED) is 0.414. The molecule has 0 aliphatic heterocycles. The van der Waals surface area contributed by atoms with Crippen LogP contribution in [-0.4, -0.2) is 30.7 Å². The first-order valence-corrected chi connectivity index (χ1v) is 7.99. The Bertz CT molecular complexity index is 1020. The molecule has 10 heteroatoms. The lowest BCUT2D eigenvalue weighted by Gasteiger charge is -2.20.